The summed E-state index contributed by atoms with van der Waals surface area (Å²) in [4.78, 5) is 22.8. The van der Waals surface area contributed by atoms with E-state index in [0.29, 0.717) is 12.8 Å². The summed E-state index contributed by atoms with van der Waals surface area (Å²) in [7, 11) is 0. The van der Waals surface area contributed by atoms with E-state index >= 15 is 0 Å². The molecule has 0 spiro atoms. The Kier molecular flexibility index (Phi) is 5.68. The van der Waals surface area contributed by atoms with Crippen LogP contribution in [0.15, 0.2) is 12.7 Å². The lowest BCUT2D eigenvalue weighted by Gasteiger charge is -2.27. The van der Waals surface area contributed by atoms with Crippen molar-refractivity contribution >= 4 is 12.1 Å². The lowest BCUT2D eigenvalue weighted by atomic mass is 9.80. The van der Waals surface area contributed by atoms with Crippen LogP contribution < -0.4 is 5.32 Å². The largest absolute Gasteiger partial charge is 0.481 e. The first-order valence-electron chi connectivity index (χ1n) is 6.36. The normalized spacial score (nSPS) is 18.4. The van der Waals surface area contributed by atoms with Crippen molar-refractivity contribution in [3.8, 4) is 0 Å². The Morgan fingerprint density at radius 1 is 1.28 bits per heavy atom. The second-order valence-electron chi connectivity index (χ2n) is 4.74. The maximum absolute atomic E-state index is 11.4. The third-order valence-corrected chi connectivity index (χ3v) is 3.42. The highest BCUT2D eigenvalue weighted by Gasteiger charge is 2.38. The molecule has 0 saturated heterocycles. The van der Waals surface area contributed by atoms with Crippen molar-refractivity contribution in [1.82, 2.24) is 5.32 Å². The SMILES string of the molecule is C=CCOC(=O)NCC1(C(=O)O)CCCCCC1. The fraction of sp³-hybridized carbons (Fsp3) is 0.692. The Balaban J connectivity index is 2.54. The van der Waals surface area contributed by atoms with Crippen molar-refractivity contribution in [3.05, 3.63) is 12.7 Å². The number of hydrogen-bond acceptors (Lipinski definition) is 3. The smallest absolute Gasteiger partial charge is 0.407 e. The number of carboxylic acids is 1. The number of carbonyl (C=O) groups is 2. The molecular formula is C13H21NO4. The molecule has 0 aromatic heterocycles. The number of rotatable bonds is 5. The topological polar surface area (TPSA) is 75.6 Å². The van der Waals surface area contributed by atoms with Gasteiger partial charge in [0.15, 0.2) is 0 Å². The molecule has 18 heavy (non-hydrogen) atoms. The van der Waals surface area contributed by atoms with Gasteiger partial charge in [-0.25, -0.2) is 4.79 Å². The predicted molar refractivity (Wildman–Crippen MR) is 67.3 cm³/mol. The van der Waals surface area contributed by atoms with E-state index in [4.69, 9.17) is 4.74 Å². The van der Waals surface area contributed by atoms with Crippen LogP contribution in [0.2, 0.25) is 0 Å². The number of carboxylic acid groups (broad SMARTS) is 1. The van der Waals surface area contributed by atoms with Gasteiger partial charge in [0.2, 0.25) is 0 Å². The predicted octanol–water partition coefficient (Wildman–Crippen LogP) is 2.32. The minimum absolute atomic E-state index is 0.131. The lowest BCUT2D eigenvalue weighted by Crippen LogP contribution is -2.43. The summed E-state index contributed by atoms with van der Waals surface area (Å²) in [6, 6.07) is 0. The summed E-state index contributed by atoms with van der Waals surface area (Å²) >= 11 is 0. The summed E-state index contributed by atoms with van der Waals surface area (Å²) in [6.45, 7) is 3.71. The number of hydrogen-bond donors (Lipinski definition) is 2. The maximum atomic E-state index is 11.4. The van der Waals surface area contributed by atoms with Gasteiger partial charge < -0.3 is 15.2 Å². The van der Waals surface area contributed by atoms with E-state index in [1.54, 1.807) is 0 Å². The van der Waals surface area contributed by atoms with E-state index in [2.05, 4.69) is 11.9 Å². The fourth-order valence-corrected chi connectivity index (χ4v) is 2.30. The second-order valence-corrected chi connectivity index (χ2v) is 4.74. The molecule has 1 saturated carbocycles. The van der Waals surface area contributed by atoms with Crippen molar-refractivity contribution in [2.45, 2.75) is 38.5 Å². The van der Waals surface area contributed by atoms with Gasteiger partial charge in [-0.2, -0.15) is 0 Å². The molecule has 0 heterocycles. The van der Waals surface area contributed by atoms with Crippen LogP contribution in [0.1, 0.15) is 38.5 Å². The van der Waals surface area contributed by atoms with Crippen LogP contribution in [0.25, 0.3) is 0 Å². The zero-order valence-corrected chi connectivity index (χ0v) is 10.6. The molecule has 2 N–H and O–H groups in total. The lowest BCUT2D eigenvalue weighted by molar-refractivity contribution is -0.149. The standard InChI is InChI=1S/C13H21NO4/c1-2-9-18-12(17)14-10-13(11(15)16)7-5-3-4-6-8-13/h2H,1,3-10H2,(H,14,17)(H,15,16). The Morgan fingerprint density at radius 3 is 2.39 bits per heavy atom. The van der Waals surface area contributed by atoms with Crippen LogP contribution in [0.4, 0.5) is 4.79 Å². The number of alkyl carbamates (subject to hydrolysis) is 1. The molecule has 1 rings (SSSR count). The van der Waals surface area contributed by atoms with Gasteiger partial charge in [-0.05, 0) is 12.8 Å². The summed E-state index contributed by atoms with van der Waals surface area (Å²) in [5.74, 6) is -0.826. The van der Waals surface area contributed by atoms with Gasteiger partial charge >= 0.3 is 12.1 Å². The summed E-state index contributed by atoms with van der Waals surface area (Å²) in [6.07, 6.45) is 6.05. The Hall–Kier alpha value is -1.52. The number of nitrogens with one attached hydrogen (secondary N) is 1. The molecule has 0 bridgehead atoms. The fourth-order valence-electron chi connectivity index (χ4n) is 2.30. The van der Waals surface area contributed by atoms with Crippen LogP contribution >= 0.6 is 0 Å². The van der Waals surface area contributed by atoms with Crippen LogP contribution in [0, 0.1) is 5.41 Å². The van der Waals surface area contributed by atoms with E-state index < -0.39 is 17.5 Å². The first-order valence-corrected chi connectivity index (χ1v) is 6.36. The van der Waals surface area contributed by atoms with Crippen molar-refractivity contribution < 1.29 is 19.4 Å². The summed E-state index contributed by atoms with van der Waals surface area (Å²) in [5.41, 5.74) is -0.830. The molecule has 0 radical (unpaired) electrons. The molecule has 1 aliphatic carbocycles. The summed E-state index contributed by atoms with van der Waals surface area (Å²) < 4.78 is 4.78. The molecular weight excluding hydrogens is 234 g/mol. The van der Waals surface area contributed by atoms with E-state index in [1.807, 2.05) is 0 Å². The maximum Gasteiger partial charge on any atom is 0.407 e. The van der Waals surface area contributed by atoms with Crippen LogP contribution in [-0.4, -0.2) is 30.3 Å². The molecule has 102 valence electrons. The van der Waals surface area contributed by atoms with E-state index in [-0.39, 0.29) is 13.2 Å². The molecule has 0 aromatic carbocycles. The highest BCUT2D eigenvalue weighted by molar-refractivity contribution is 5.76. The highest BCUT2D eigenvalue weighted by Crippen LogP contribution is 2.34. The molecule has 1 aliphatic rings. The van der Waals surface area contributed by atoms with E-state index in [1.165, 1.54) is 6.08 Å². The molecule has 0 unspecified atom stereocenters. The quantitative estimate of drug-likeness (QED) is 0.584. The number of carbonyl (C=O) groups excluding carboxylic acids is 1. The minimum atomic E-state index is -0.830. The molecule has 5 heteroatoms. The van der Waals surface area contributed by atoms with Gasteiger partial charge in [-0.3, -0.25) is 4.79 Å². The van der Waals surface area contributed by atoms with Gasteiger partial charge in [-0.1, -0.05) is 38.3 Å². The van der Waals surface area contributed by atoms with E-state index in [9.17, 15) is 14.7 Å². The third-order valence-electron chi connectivity index (χ3n) is 3.42. The average molecular weight is 255 g/mol. The van der Waals surface area contributed by atoms with Crippen LogP contribution in [-0.2, 0) is 9.53 Å². The number of ether oxygens (including phenoxy) is 1. The van der Waals surface area contributed by atoms with Gasteiger partial charge in [0, 0.05) is 6.54 Å². The zero-order chi connectivity index (χ0) is 13.4. The Bertz CT molecular complexity index is 306. The average Bonchev–Trinajstić information content (AvgIpc) is 2.60. The molecule has 1 amide bonds. The molecule has 0 atom stereocenters. The van der Waals surface area contributed by atoms with Crippen molar-refractivity contribution in [2.75, 3.05) is 13.2 Å². The van der Waals surface area contributed by atoms with E-state index in [0.717, 1.165) is 25.7 Å². The first-order chi connectivity index (χ1) is 8.60. The van der Waals surface area contributed by atoms with Crippen molar-refractivity contribution in [2.24, 2.45) is 5.41 Å². The van der Waals surface area contributed by atoms with Crippen molar-refractivity contribution in [3.63, 3.8) is 0 Å². The Morgan fingerprint density at radius 2 is 1.89 bits per heavy atom. The van der Waals surface area contributed by atoms with Crippen LogP contribution in [0.5, 0.6) is 0 Å². The van der Waals surface area contributed by atoms with Gasteiger partial charge in [0.05, 0.1) is 5.41 Å². The zero-order valence-electron chi connectivity index (χ0n) is 10.6. The minimum Gasteiger partial charge on any atom is -0.481 e. The number of amides is 1. The summed E-state index contributed by atoms with van der Waals surface area (Å²) in [5, 5.41) is 11.9. The second kappa shape index (κ2) is 7.03. The molecule has 0 aromatic rings. The number of aliphatic carboxylic acids is 1. The monoisotopic (exact) mass is 255 g/mol. The molecule has 5 nitrogen and oxygen atoms in total. The Labute approximate surface area is 107 Å². The first kappa shape index (κ1) is 14.5. The van der Waals surface area contributed by atoms with Gasteiger partial charge in [0.25, 0.3) is 0 Å². The molecule has 1 fully saturated rings. The third kappa shape index (κ3) is 4.05. The van der Waals surface area contributed by atoms with Gasteiger partial charge in [0.1, 0.15) is 6.61 Å². The van der Waals surface area contributed by atoms with Crippen molar-refractivity contribution in [1.29, 1.82) is 0 Å². The highest BCUT2D eigenvalue weighted by atomic mass is 16.5. The van der Waals surface area contributed by atoms with Crippen LogP contribution in [0.3, 0.4) is 0 Å². The van der Waals surface area contributed by atoms with Gasteiger partial charge in [-0.15, -0.1) is 0 Å². The molecule has 0 aliphatic heterocycles.